The molecule has 3 nitrogen and oxygen atoms in total. The third-order valence-corrected chi connectivity index (χ3v) is 5.76. The van der Waals surface area contributed by atoms with Crippen molar-refractivity contribution in [3.8, 4) is 0 Å². The maximum atomic E-state index is 12.7. The van der Waals surface area contributed by atoms with Gasteiger partial charge in [0, 0.05) is 16.4 Å². The second-order valence-corrected chi connectivity index (χ2v) is 8.47. The topological polar surface area (TPSA) is 39.1 Å². The molecule has 0 saturated heterocycles. The molecule has 0 bridgehead atoms. The fourth-order valence-corrected chi connectivity index (χ4v) is 4.47. The average molecular weight is 378 g/mol. The van der Waals surface area contributed by atoms with Crippen LogP contribution in [0.15, 0.2) is 60.8 Å². The molecule has 0 aliphatic carbocycles. The van der Waals surface area contributed by atoms with Crippen LogP contribution in [0.3, 0.4) is 0 Å². The quantitative estimate of drug-likeness (QED) is 0.628. The zero-order valence-electron chi connectivity index (χ0n) is 12.1. The standard InChI is InChI=1S/C17H16BrNO2S/c1-13(18)15-8-5-9-17-16(15)10-11-19(17)22(20,21)12-14-6-3-2-4-7-14/h2-11,13H,12H2,1H3. The van der Waals surface area contributed by atoms with Crippen LogP contribution in [0.2, 0.25) is 0 Å². The van der Waals surface area contributed by atoms with Crippen molar-refractivity contribution in [3.05, 3.63) is 71.9 Å². The van der Waals surface area contributed by atoms with E-state index in [1.807, 2.05) is 61.5 Å². The zero-order chi connectivity index (χ0) is 15.7. The Hall–Kier alpha value is -1.59. The van der Waals surface area contributed by atoms with E-state index < -0.39 is 10.0 Å². The van der Waals surface area contributed by atoms with Crippen LogP contribution in [0.1, 0.15) is 22.9 Å². The second-order valence-electron chi connectivity index (χ2n) is 5.25. The van der Waals surface area contributed by atoms with Crippen LogP contribution in [-0.4, -0.2) is 12.4 Å². The lowest BCUT2D eigenvalue weighted by Gasteiger charge is -2.09. The number of fused-ring (bicyclic) bond motifs is 1. The summed E-state index contributed by atoms with van der Waals surface area (Å²) in [7, 11) is -3.44. The Labute approximate surface area is 138 Å². The summed E-state index contributed by atoms with van der Waals surface area (Å²) in [5.74, 6) is -0.00822. The molecule has 22 heavy (non-hydrogen) atoms. The van der Waals surface area contributed by atoms with Gasteiger partial charge in [-0.2, -0.15) is 0 Å². The summed E-state index contributed by atoms with van der Waals surface area (Å²) in [5.41, 5.74) is 2.60. The molecule has 3 rings (SSSR count). The number of rotatable bonds is 4. The average Bonchev–Trinajstić information content (AvgIpc) is 2.92. The van der Waals surface area contributed by atoms with Gasteiger partial charge in [-0.3, -0.25) is 0 Å². The molecule has 2 aromatic carbocycles. The fraction of sp³-hybridized carbons (Fsp3) is 0.176. The molecule has 0 spiro atoms. The van der Waals surface area contributed by atoms with E-state index in [-0.39, 0.29) is 10.6 Å². The lowest BCUT2D eigenvalue weighted by Crippen LogP contribution is -2.14. The lowest BCUT2D eigenvalue weighted by molar-refractivity contribution is 0.588. The van der Waals surface area contributed by atoms with E-state index >= 15 is 0 Å². The first kappa shape index (κ1) is 15.3. The highest BCUT2D eigenvalue weighted by atomic mass is 79.9. The Balaban J connectivity index is 2.08. The number of hydrogen-bond donors (Lipinski definition) is 0. The highest BCUT2D eigenvalue weighted by Crippen LogP contribution is 2.31. The van der Waals surface area contributed by atoms with Crippen LogP contribution >= 0.6 is 15.9 Å². The van der Waals surface area contributed by atoms with Gasteiger partial charge in [-0.15, -0.1) is 0 Å². The Bertz CT molecular complexity index is 899. The maximum Gasteiger partial charge on any atom is 0.243 e. The Kier molecular flexibility index (Phi) is 4.10. The minimum Gasteiger partial charge on any atom is -0.245 e. The van der Waals surface area contributed by atoms with Crippen molar-refractivity contribution in [1.82, 2.24) is 3.97 Å². The molecule has 3 aromatic rings. The Morgan fingerprint density at radius 2 is 1.77 bits per heavy atom. The number of benzene rings is 2. The van der Waals surface area contributed by atoms with E-state index in [1.165, 1.54) is 3.97 Å². The van der Waals surface area contributed by atoms with Crippen molar-refractivity contribution in [2.24, 2.45) is 0 Å². The number of alkyl halides is 1. The molecule has 5 heteroatoms. The van der Waals surface area contributed by atoms with Gasteiger partial charge in [0.15, 0.2) is 0 Å². The van der Waals surface area contributed by atoms with Gasteiger partial charge in [0.2, 0.25) is 10.0 Å². The van der Waals surface area contributed by atoms with Gasteiger partial charge in [-0.1, -0.05) is 58.4 Å². The normalized spacial score (nSPS) is 13.4. The first-order chi connectivity index (χ1) is 10.5. The van der Waals surface area contributed by atoms with E-state index in [0.717, 1.165) is 22.0 Å². The minimum atomic E-state index is -3.44. The van der Waals surface area contributed by atoms with E-state index in [2.05, 4.69) is 15.9 Å². The first-order valence-corrected chi connectivity index (χ1v) is 9.53. The smallest absolute Gasteiger partial charge is 0.243 e. The predicted octanol–water partition coefficient (Wildman–Crippen LogP) is 4.48. The van der Waals surface area contributed by atoms with Crippen molar-refractivity contribution in [2.45, 2.75) is 17.5 Å². The molecule has 1 unspecified atom stereocenters. The Morgan fingerprint density at radius 3 is 2.45 bits per heavy atom. The molecule has 0 amide bonds. The summed E-state index contributed by atoms with van der Waals surface area (Å²) in [6, 6.07) is 16.9. The molecular formula is C17H16BrNO2S. The van der Waals surface area contributed by atoms with E-state index in [1.54, 1.807) is 6.20 Å². The number of aromatic nitrogens is 1. The van der Waals surface area contributed by atoms with E-state index in [0.29, 0.717) is 0 Å². The van der Waals surface area contributed by atoms with Crippen molar-refractivity contribution >= 4 is 36.9 Å². The monoisotopic (exact) mass is 377 g/mol. The molecule has 0 fully saturated rings. The number of halogens is 1. The van der Waals surface area contributed by atoms with Crippen LogP contribution in [-0.2, 0) is 15.8 Å². The molecular weight excluding hydrogens is 362 g/mol. The van der Waals surface area contributed by atoms with Gasteiger partial charge in [-0.25, -0.2) is 12.4 Å². The van der Waals surface area contributed by atoms with Crippen LogP contribution in [0.4, 0.5) is 0 Å². The summed E-state index contributed by atoms with van der Waals surface area (Å²) in [5, 5.41) is 0.962. The molecule has 0 aliphatic rings. The fourth-order valence-electron chi connectivity index (χ4n) is 2.61. The molecule has 0 aliphatic heterocycles. The molecule has 1 atom stereocenters. The van der Waals surface area contributed by atoms with Crippen LogP contribution in [0.5, 0.6) is 0 Å². The van der Waals surface area contributed by atoms with Crippen LogP contribution < -0.4 is 0 Å². The third kappa shape index (κ3) is 2.83. The Morgan fingerprint density at radius 1 is 1.05 bits per heavy atom. The summed E-state index contributed by atoms with van der Waals surface area (Å²) in [6.45, 7) is 2.03. The van der Waals surface area contributed by atoms with Gasteiger partial charge in [0.25, 0.3) is 0 Å². The minimum absolute atomic E-state index is 0.00822. The second kappa shape index (κ2) is 5.89. The van der Waals surface area contributed by atoms with Gasteiger partial charge in [-0.05, 0) is 30.2 Å². The summed E-state index contributed by atoms with van der Waals surface area (Å²) < 4.78 is 26.8. The third-order valence-electron chi connectivity index (χ3n) is 3.65. The highest BCUT2D eigenvalue weighted by Gasteiger charge is 2.18. The predicted molar refractivity (Wildman–Crippen MR) is 93.7 cm³/mol. The van der Waals surface area contributed by atoms with Crippen LogP contribution in [0.25, 0.3) is 10.9 Å². The largest absolute Gasteiger partial charge is 0.245 e. The van der Waals surface area contributed by atoms with Gasteiger partial charge < -0.3 is 0 Å². The van der Waals surface area contributed by atoms with E-state index in [4.69, 9.17) is 0 Å². The summed E-state index contributed by atoms with van der Waals surface area (Å²) in [6.07, 6.45) is 1.64. The zero-order valence-corrected chi connectivity index (χ0v) is 14.5. The molecule has 1 heterocycles. The highest BCUT2D eigenvalue weighted by molar-refractivity contribution is 9.09. The van der Waals surface area contributed by atoms with Crippen molar-refractivity contribution < 1.29 is 8.42 Å². The van der Waals surface area contributed by atoms with Gasteiger partial charge in [0.1, 0.15) is 0 Å². The molecule has 0 radical (unpaired) electrons. The maximum absolute atomic E-state index is 12.7. The summed E-state index contributed by atoms with van der Waals surface area (Å²) >= 11 is 3.56. The van der Waals surface area contributed by atoms with Gasteiger partial charge >= 0.3 is 0 Å². The molecule has 0 N–H and O–H groups in total. The molecule has 1 aromatic heterocycles. The first-order valence-electron chi connectivity index (χ1n) is 7.00. The van der Waals surface area contributed by atoms with Gasteiger partial charge in [0.05, 0.1) is 11.3 Å². The number of nitrogens with zero attached hydrogens (tertiary/aromatic N) is 1. The number of hydrogen-bond acceptors (Lipinski definition) is 2. The summed E-state index contributed by atoms with van der Waals surface area (Å²) in [4.78, 5) is 0.170. The van der Waals surface area contributed by atoms with Crippen molar-refractivity contribution in [1.29, 1.82) is 0 Å². The van der Waals surface area contributed by atoms with Crippen molar-refractivity contribution in [3.63, 3.8) is 0 Å². The van der Waals surface area contributed by atoms with E-state index in [9.17, 15) is 8.42 Å². The lowest BCUT2D eigenvalue weighted by atomic mass is 10.1. The molecule has 0 saturated carbocycles. The SMILES string of the molecule is CC(Br)c1cccc2c1ccn2S(=O)(=O)Cc1ccccc1. The van der Waals surface area contributed by atoms with Crippen LogP contribution in [0, 0.1) is 0 Å². The molecule has 114 valence electrons. The van der Waals surface area contributed by atoms with Crippen molar-refractivity contribution in [2.75, 3.05) is 0 Å².